The van der Waals surface area contributed by atoms with E-state index in [2.05, 4.69) is 27.6 Å². The third-order valence-corrected chi connectivity index (χ3v) is 3.63. The van der Waals surface area contributed by atoms with Crippen LogP contribution in [0.5, 0.6) is 0 Å². The molecule has 1 aromatic carbocycles. The maximum absolute atomic E-state index is 11.9. The van der Waals surface area contributed by atoms with Crippen LogP contribution in [0, 0.1) is 0 Å². The summed E-state index contributed by atoms with van der Waals surface area (Å²) in [5, 5.41) is 9.89. The number of aromatic amines is 1. The van der Waals surface area contributed by atoms with Crippen LogP contribution < -0.4 is 5.32 Å². The van der Waals surface area contributed by atoms with Gasteiger partial charge in [0, 0.05) is 18.4 Å². The number of amides is 1. The van der Waals surface area contributed by atoms with E-state index in [0.717, 1.165) is 31.4 Å². The number of hydrogen-bond acceptors (Lipinski definition) is 3. The number of anilines is 1. The lowest BCUT2D eigenvalue weighted by molar-refractivity contribution is -0.124. The first-order valence-electron chi connectivity index (χ1n) is 7.32. The van der Waals surface area contributed by atoms with Gasteiger partial charge in [0.15, 0.2) is 5.82 Å². The fraction of sp³-hybridized carbons (Fsp3) is 0.375. The molecule has 1 fully saturated rings. The van der Waals surface area contributed by atoms with Gasteiger partial charge in [-0.1, -0.05) is 30.3 Å². The Kier molecular flexibility index (Phi) is 4.31. The van der Waals surface area contributed by atoms with Gasteiger partial charge in [-0.15, -0.1) is 0 Å². The molecule has 5 nitrogen and oxygen atoms in total. The molecule has 0 saturated carbocycles. The number of nitrogens with zero attached hydrogens (tertiary/aromatic N) is 1. The second-order valence-electron chi connectivity index (χ2n) is 5.25. The summed E-state index contributed by atoms with van der Waals surface area (Å²) in [5.74, 6) is 0.465. The molecule has 1 amide bonds. The van der Waals surface area contributed by atoms with Gasteiger partial charge in [0.05, 0.1) is 0 Å². The summed E-state index contributed by atoms with van der Waals surface area (Å²) in [7, 11) is 0. The molecule has 0 radical (unpaired) electrons. The highest BCUT2D eigenvalue weighted by Gasteiger charge is 2.24. The molecule has 2 aromatic rings. The quantitative estimate of drug-likeness (QED) is 0.886. The molecule has 1 aromatic heterocycles. The monoisotopic (exact) mass is 285 g/mol. The van der Waals surface area contributed by atoms with Crippen LogP contribution in [0.1, 0.15) is 24.1 Å². The topological polar surface area (TPSA) is 67.0 Å². The summed E-state index contributed by atoms with van der Waals surface area (Å²) >= 11 is 0. The van der Waals surface area contributed by atoms with Crippen molar-refractivity contribution in [2.24, 2.45) is 0 Å². The van der Waals surface area contributed by atoms with Crippen LogP contribution in [0.2, 0.25) is 0 Å². The average Bonchev–Trinajstić information content (AvgIpc) is 3.18. The van der Waals surface area contributed by atoms with Crippen molar-refractivity contribution in [2.75, 3.05) is 11.9 Å². The predicted octanol–water partition coefficient (Wildman–Crippen LogP) is 2.31. The van der Waals surface area contributed by atoms with E-state index in [-0.39, 0.29) is 12.0 Å². The Balaban J connectivity index is 1.52. The smallest absolute Gasteiger partial charge is 0.254 e. The van der Waals surface area contributed by atoms with Crippen LogP contribution in [0.15, 0.2) is 36.4 Å². The number of H-pyrrole nitrogens is 1. The fourth-order valence-electron chi connectivity index (χ4n) is 2.47. The van der Waals surface area contributed by atoms with Gasteiger partial charge >= 0.3 is 0 Å². The highest BCUT2D eigenvalue weighted by Crippen LogP contribution is 2.15. The number of benzene rings is 1. The Morgan fingerprint density at radius 3 is 2.95 bits per heavy atom. The lowest BCUT2D eigenvalue weighted by Crippen LogP contribution is -2.26. The molecule has 21 heavy (non-hydrogen) atoms. The summed E-state index contributed by atoms with van der Waals surface area (Å²) < 4.78 is 5.35. The van der Waals surface area contributed by atoms with Crippen LogP contribution in [0.4, 0.5) is 5.82 Å². The van der Waals surface area contributed by atoms with Crippen LogP contribution in [0.3, 0.4) is 0 Å². The van der Waals surface area contributed by atoms with Crippen LogP contribution in [-0.4, -0.2) is 28.8 Å². The van der Waals surface area contributed by atoms with Crippen molar-refractivity contribution in [3.63, 3.8) is 0 Å². The molecule has 0 bridgehead atoms. The van der Waals surface area contributed by atoms with Gasteiger partial charge in [-0.05, 0) is 31.2 Å². The zero-order valence-corrected chi connectivity index (χ0v) is 11.8. The van der Waals surface area contributed by atoms with Crippen LogP contribution in [0.25, 0.3) is 0 Å². The number of aryl methyl sites for hydroxylation is 2. The molecule has 0 spiro atoms. The molecule has 2 N–H and O–H groups in total. The highest BCUT2D eigenvalue weighted by molar-refractivity contribution is 5.93. The maximum Gasteiger partial charge on any atom is 0.254 e. The number of carbonyl (C=O) groups is 1. The van der Waals surface area contributed by atoms with E-state index in [1.165, 1.54) is 5.56 Å². The Morgan fingerprint density at radius 2 is 2.19 bits per heavy atom. The Hall–Kier alpha value is -2.14. The molecule has 0 aliphatic carbocycles. The molecular weight excluding hydrogens is 266 g/mol. The Bertz CT molecular complexity index is 589. The molecule has 0 unspecified atom stereocenters. The molecule has 3 rings (SSSR count). The van der Waals surface area contributed by atoms with E-state index in [4.69, 9.17) is 4.74 Å². The van der Waals surface area contributed by atoms with E-state index in [1.54, 1.807) is 0 Å². The average molecular weight is 285 g/mol. The third-order valence-electron chi connectivity index (χ3n) is 3.63. The first kappa shape index (κ1) is 13.8. The third kappa shape index (κ3) is 3.70. The number of aromatic nitrogens is 2. The summed E-state index contributed by atoms with van der Waals surface area (Å²) in [5.41, 5.74) is 2.30. The van der Waals surface area contributed by atoms with Crippen molar-refractivity contribution in [1.82, 2.24) is 10.2 Å². The minimum atomic E-state index is -0.325. The number of ether oxygens (including phenoxy) is 1. The van der Waals surface area contributed by atoms with Gasteiger partial charge in [-0.3, -0.25) is 9.89 Å². The van der Waals surface area contributed by atoms with Crippen molar-refractivity contribution in [2.45, 2.75) is 31.8 Å². The van der Waals surface area contributed by atoms with Crippen molar-refractivity contribution in [3.05, 3.63) is 47.7 Å². The largest absolute Gasteiger partial charge is 0.368 e. The molecular formula is C16H19N3O2. The maximum atomic E-state index is 11.9. The van der Waals surface area contributed by atoms with E-state index in [9.17, 15) is 4.79 Å². The summed E-state index contributed by atoms with van der Waals surface area (Å²) in [4.78, 5) is 11.9. The van der Waals surface area contributed by atoms with E-state index < -0.39 is 0 Å². The molecule has 1 atom stereocenters. The van der Waals surface area contributed by atoms with E-state index >= 15 is 0 Å². The van der Waals surface area contributed by atoms with Gasteiger partial charge in [0.1, 0.15) is 6.10 Å². The Morgan fingerprint density at radius 1 is 1.33 bits per heavy atom. The first-order valence-corrected chi connectivity index (χ1v) is 7.32. The fourth-order valence-corrected chi connectivity index (χ4v) is 2.47. The standard InChI is InChI=1S/C16H19N3O2/c20-16(14-7-4-10-21-14)17-15-11-13(18-19-15)9-8-12-5-2-1-3-6-12/h1-3,5-6,11,14H,4,7-10H2,(H2,17,18,19,20)/t14-/m1/s1. The normalized spacial score (nSPS) is 17.8. The van der Waals surface area contributed by atoms with Crippen molar-refractivity contribution >= 4 is 11.7 Å². The zero-order valence-electron chi connectivity index (χ0n) is 11.8. The van der Waals surface area contributed by atoms with Gasteiger partial charge in [0.2, 0.25) is 0 Å². The second-order valence-corrected chi connectivity index (χ2v) is 5.25. The lowest BCUT2D eigenvalue weighted by atomic mass is 10.1. The first-order chi connectivity index (χ1) is 10.3. The summed E-state index contributed by atoms with van der Waals surface area (Å²) in [6.07, 6.45) is 3.22. The molecule has 5 heteroatoms. The second kappa shape index (κ2) is 6.54. The predicted molar refractivity (Wildman–Crippen MR) is 80.0 cm³/mol. The number of rotatable bonds is 5. The number of hydrogen-bond donors (Lipinski definition) is 2. The summed E-state index contributed by atoms with van der Waals surface area (Å²) in [6, 6.07) is 12.2. The van der Waals surface area contributed by atoms with Gasteiger partial charge in [0.25, 0.3) is 5.91 Å². The van der Waals surface area contributed by atoms with Gasteiger partial charge in [-0.25, -0.2) is 0 Å². The van der Waals surface area contributed by atoms with E-state index in [0.29, 0.717) is 12.4 Å². The molecule has 1 saturated heterocycles. The molecule has 110 valence electrons. The van der Waals surface area contributed by atoms with Gasteiger partial charge in [-0.2, -0.15) is 5.10 Å². The zero-order chi connectivity index (χ0) is 14.5. The van der Waals surface area contributed by atoms with Crippen molar-refractivity contribution < 1.29 is 9.53 Å². The van der Waals surface area contributed by atoms with Crippen LogP contribution in [-0.2, 0) is 22.4 Å². The molecule has 1 aliphatic rings. The lowest BCUT2D eigenvalue weighted by Gasteiger charge is -2.07. The van der Waals surface area contributed by atoms with Crippen molar-refractivity contribution in [3.8, 4) is 0 Å². The minimum absolute atomic E-state index is 0.103. The molecule has 1 aliphatic heterocycles. The van der Waals surface area contributed by atoms with E-state index in [1.807, 2.05) is 24.3 Å². The minimum Gasteiger partial charge on any atom is -0.368 e. The number of nitrogens with one attached hydrogen (secondary N) is 2. The Labute approximate surface area is 123 Å². The highest BCUT2D eigenvalue weighted by atomic mass is 16.5. The number of carbonyl (C=O) groups excluding carboxylic acids is 1. The summed E-state index contributed by atoms with van der Waals surface area (Å²) in [6.45, 7) is 0.668. The van der Waals surface area contributed by atoms with Crippen LogP contribution >= 0.6 is 0 Å². The SMILES string of the molecule is O=C(Nc1cc(CCc2ccccc2)[nH]n1)[C@H]1CCCO1. The van der Waals surface area contributed by atoms with Crippen molar-refractivity contribution in [1.29, 1.82) is 0 Å². The van der Waals surface area contributed by atoms with Gasteiger partial charge < -0.3 is 10.1 Å². The molecule has 2 heterocycles.